The summed E-state index contributed by atoms with van der Waals surface area (Å²) in [6.45, 7) is 24.1. The molecule has 4 atom stereocenters. The van der Waals surface area contributed by atoms with Crippen LogP contribution in [0.3, 0.4) is 0 Å². The molecule has 0 saturated heterocycles. The molecule has 100 heavy (non-hydrogen) atoms. The van der Waals surface area contributed by atoms with Gasteiger partial charge < -0.3 is 82.1 Å². The largest absolute Gasteiger partial charge is 0.457 e. The number of hydrogen-bond acceptors (Lipinski definition) is 16. The second-order valence-corrected chi connectivity index (χ2v) is 30.4. The highest BCUT2D eigenvalue weighted by molar-refractivity contribution is 5.84. The first kappa shape index (κ1) is 77.2. The Hall–Kier alpha value is -7.00. The van der Waals surface area contributed by atoms with Crippen molar-refractivity contribution in [3.8, 4) is 46.0 Å². The molecular formula is C80H120N8O12. The predicted molar refractivity (Wildman–Crippen MR) is 391 cm³/mol. The van der Waals surface area contributed by atoms with E-state index in [1.807, 2.05) is 0 Å². The minimum atomic E-state index is -0.780. The minimum absolute atomic E-state index is 0.00273. The zero-order valence-corrected chi connectivity index (χ0v) is 62.2. The number of benzene rings is 4. The minimum Gasteiger partial charge on any atom is -0.457 e. The number of amides is 4. The van der Waals surface area contributed by atoms with Crippen LogP contribution in [0.4, 0.5) is 0 Å². The monoisotopic (exact) mass is 1380 g/mol. The molecule has 8 bridgehead atoms. The van der Waals surface area contributed by atoms with E-state index in [-0.39, 0.29) is 101 Å². The van der Waals surface area contributed by atoms with Crippen LogP contribution in [0.25, 0.3) is 0 Å². The van der Waals surface area contributed by atoms with Gasteiger partial charge in [-0.2, -0.15) is 0 Å². The van der Waals surface area contributed by atoms with E-state index in [1.165, 1.54) is 0 Å². The van der Waals surface area contributed by atoms with Gasteiger partial charge in [-0.05, 0) is 99.3 Å². The number of carbonyl (C=O) groups is 4. The van der Waals surface area contributed by atoms with Gasteiger partial charge in [-0.1, -0.05) is 160 Å². The molecule has 0 fully saturated rings. The zero-order valence-electron chi connectivity index (χ0n) is 62.2. The van der Waals surface area contributed by atoms with Crippen molar-refractivity contribution in [3.05, 3.63) is 91.0 Å². The van der Waals surface area contributed by atoms with Gasteiger partial charge in [-0.3, -0.25) is 19.2 Å². The van der Waals surface area contributed by atoms with Gasteiger partial charge in [0.15, 0.2) is 0 Å². The molecule has 4 aromatic rings. The normalized spacial score (nSPS) is 18.2. The first-order valence-electron chi connectivity index (χ1n) is 38.0. The maximum Gasteiger partial charge on any atom is 0.237 e. The molecule has 9 rings (SSSR count). The average Bonchev–Trinajstić information content (AvgIpc) is 0.725. The van der Waals surface area contributed by atoms with Crippen molar-refractivity contribution in [1.29, 1.82) is 0 Å². The van der Waals surface area contributed by atoms with Crippen LogP contribution in [0.5, 0.6) is 46.0 Å². The lowest BCUT2D eigenvalue weighted by Gasteiger charge is -2.38. The summed E-state index contributed by atoms with van der Waals surface area (Å²) < 4.78 is 57.3. The molecule has 552 valence electrons. The van der Waals surface area contributed by atoms with Gasteiger partial charge in [-0.15, -0.1) is 0 Å². The van der Waals surface area contributed by atoms with E-state index in [2.05, 4.69) is 129 Å². The van der Waals surface area contributed by atoms with E-state index in [4.69, 9.17) is 60.8 Å². The van der Waals surface area contributed by atoms with Crippen molar-refractivity contribution in [1.82, 2.24) is 21.3 Å². The van der Waals surface area contributed by atoms with Crippen molar-refractivity contribution in [2.75, 3.05) is 27.2 Å². The molecule has 4 amide bonds. The highest BCUT2D eigenvalue weighted by Gasteiger charge is 2.43. The Kier molecular flexibility index (Phi) is 28.0. The Bertz CT molecular complexity index is 2890. The number of hydrogen-bond donors (Lipinski definition) is 8. The highest BCUT2D eigenvalue weighted by Crippen LogP contribution is 2.59. The van der Waals surface area contributed by atoms with E-state index in [9.17, 15) is 19.2 Å². The van der Waals surface area contributed by atoms with Gasteiger partial charge in [0.25, 0.3) is 0 Å². The Balaban J connectivity index is 1.49. The van der Waals surface area contributed by atoms with E-state index in [0.29, 0.717) is 120 Å². The molecule has 0 spiro atoms. The van der Waals surface area contributed by atoms with Crippen LogP contribution < -0.4 is 82.1 Å². The van der Waals surface area contributed by atoms with Gasteiger partial charge in [0, 0.05) is 68.2 Å². The summed E-state index contributed by atoms with van der Waals surface area (Å²) in [5.74, 6) is 1.91. The third kappa shape index (κ3) is 18.2. The van der Waals surface area contributed by atoms with E-state index >= 15 is 0 Å². The summed E-state index contributed by atoms with van der Waals surface area (Å²) >= 11 is 0. The molecule has 0 saturated carbocycles. The van der Waals surface area contributed by atoms with Crippen LogP contribution in [0, 0.1) is 23.7 Å². The van der Waals surface area contributed by atoms with E-state index in [1.54, 1.807) is 0 Å². The lowest BCUT2D eigenvalue weighted by molar-refractivity contribution is -0.123. The molecule has 0 unspecified atom stereocenters. The fraction of sp³-hybridized carbons (Fsp3) is 0.650. The van der Waals surface area contributed by atoms with Gasteiger partial charge in [0.05, 0.1) is 72.6 Å². The third-order valence-corrected chi connectivity index (χ3v) is 20.6. The average molecular weight is 1390 g/mol. The predicted octanol–water partition coefficient (Wildman–Crippen LogP) is 13.7. The van der Waals surface area contributed by atoms with Crippen molar-refractivity contribution >= 4 is 23.6 Å². The molecule has 1 aliphatic carbocycles. The summed E-state index contributed by atoms with van der Waals surface area (Å²) in [7, 11) is 0. The molecule has 0 aromatic heterocycles. The molecule has 4 aliphatic heterocycles. The summed E-state index contributed by atoms with van der Waals surface area (Å²) in [6, 6.07) is 6.08. The molecule has 5 aliphatic rings. The van der Waals surface area contributed by atoms with Crippen molar-refractivity contribution < 1.29 is 57.1 Å². The number of unbranched alkanes of at least 4 members (excludes halogenated alkanes) is 8. The molecule has 20 nitrogen and oxygen atoms in total. The summed E-state index contributed by atoms with van der Waals surface area (Å²) in [5.41, 5.74) is 36.4. The lowest BCUT2D eigenvalue weighted by atomic mass is 9.74. The first-order chi connectivity index (χ1) is 48.1. The van der Waals surface area contributed by atoms with Crippen molar-refractivity contribution in [2.24, 2.45) is 46.6 Å². The summed E-state index contributed by atoms with van der Waals surface area (Å²) in [6.07, 6.45) is 15.3. The van der Waals surface area contributed by atoms with Crippen molar-refractivity contribution in [2.45, 2.75) is 286 Å². The Morgan fingerprint density at radius 2 is 0.490 bits per heavy atom. The maximum atomic E-state index is 14.4. The standard InChI is InChI=1S/C80H120N8O12/c1-13-17-21-25-49-53-33-55-50(26-22-18-14-2)57-35-59-52(28-24-20-16-4)60-36-58-51(27-23-19-15-3)56-34-54(49)70-62(38-86-78(90)66(82)30-46(7)8)72(56)96-43-98-74(58)64(40-88-80(92)68(84)32-48(11)12)76(60)100-44-99-75(59)63(39-87-79(91)67(83)31-47(9)10)73(57)97-42-95-71(55)61(69(53)93-41-94-70)37-85-77(89)65(81)29-45(5)6/h33-36,45-52,65-68H,13-32,37-44,81-84H2,1-12H3,(H,85,89)(H,86,90)(H,87,91)(H,88,92)/t49?,50?,51?,52?,65-,66-,67-,68-/m0/s1. The van der Waals surface area contributed by atoms with E-state index in [0.717, 1.165) is 122 Å². The zero-order chi connectivity index (χ0) is 71.9. The molecule has 20 heteroatoms. The molecule has 0 radical (unpaired) electrons. The molecule has 4 heterocycles. The van der Waals surface area contributed by atoms with Gasteiger partial charge in [0.1, 0.15) is 46.0 Å². The number of ether oxygens (including phenoxy) is 8. The van der Waals surface area contributed by atoms with Crippen LogP contribution in [0.15, 0.2) is 24.3 Å². The quantitative estimate of drug-likeness (QED) is 0.0196. The van der Waals surface area contributed by atoms with Crippen LogP contribution in [-0.4, -0.2) is 75.0 Å². The van der Waals surface area contributed by atoms with E-state index < -0.39 is 47.8 Å². The van der Waals surface area contributed by atoms with Crippen LogP contribution >= 0.6 is 0 Å². The molecule has 12 N–H and O–H groups in total. The van der Waals surface area contributed by atoms with Crippen LogP contribution in [0.1, 0.15) is 302 Å². The second-order valence-electron chi connectivity index (χ2n) is 30.4. The van der Waals surface area contributed by atoms with Crippen LogP contribution in [-0.2, 0) is 45.4 Å². The SMILES string of the molecule is CCCCCC1c2cc3c4c(CNC(=O)[C@@H](N)CC(C)C)c2OCOc2c1cc1c(c2CNC(=O)[C@@H](N)CC(C)C)OCOc2c(cc5c(c2CNC(=O)[C@@H](N)CC(C)C)OCOc2c(cc(c(c2CNC(=O)[C@@H](N)CC(C)C)OCO4)C3CCCCC)C5CCCCC)C1CCCCC. The summed E-state index contributed by atoms with van der Waals surface area (Å²) in [5, 5.41) is 13.1. The van der Waals surface area contributed by atoms with Crippen LogP contribution in [0.2, 0.25) is 0 Å². The fourth-order valence-electron chi connectivity index (χ4n) is 15.7. The number of nitrogens with two attached hydrogens (primary N) is 4. The number of rotatable bonds is 36. The third-order valence-electron chi connectivity index (χ3n) is 20.6. The number of nitrogens with one attached hydrogen (secondary N) is 4. The fourth-order valence-corrected chi connectivity index (χ4v) is 15.7. The Labute approximate surface area is 595 Å². The van der Waals surface area contributed by atoms with Gasteiger partial charge in [0.2, 0.25) is 50.8 Å². The smallest absolute Gasteiger partial charge is 0.237 e. The van der Waals surface area contributed by atoms with Gasteiger partial charge in [-0.25, -0.2) is 0 Å². The van der Waals surface area contributed by atoms with Crippen molar-refractivity contribution in [3.63, 3.8) is 0 Å². The highest BCUT2D eigenvalue weighted by atomic mass is 16.7. The lowest BCUT2D eigenvalue weighted by Crippen LogP contribution is -2.41. The molecular weight excluding hydrogens is 1260 g/mol. The topological polar surface area (TPSA) is 294 Å². The van der Waals surface area contributed by atoms with Gasteiger partial charge >= 0.3 is 0 Å². The maximum absolute atomic E-state index is 14.4. The second kappa shape index (κ2) is 36.2. The summed E-state index contributed by atoms with van der Waals surface area (Å²) in [4.78, 5) is 57.7. The first-order valence-corrected chi connectivity index (χ1v) is 38.0. The molecule has 4 aromatic carbocycles. The Morgan fingerprint density at radius 3 is 0.640 bits per heavy atom. The number of carbonyl (C=O) groups excluding carboxylic acids is 4. The Morgan fingerprint density at radius 1 is 0.320 bits per heavy atom.